The molecule has 0 aliphatic heterocycles. The molecule has 8 nitrogen and oxygen atoms in total. The van der Waals surface area contributed by atoms with Gasteiger partial charge in [0.15, 0.2) is 5.54 Å². The van der Waals surface area contributed by atoms with Gasteiger partial charge in [-0.05, 0) is 37.6 Å². The Bertz CT molecular complexity index is 1110. The van der Waals surface area contributed by atoms with E-state index in [1.165, 1.54) is 4.57 Å². The van der Waals surface area contributed by atoms with Gasteiger partial charge in [0, 0.05) is 23.6 Å². The molecule has 1 amide bonds. The Kier molecular flexibility index (Phi) is 7.27. The lowest BCUT2D eigenvalue weighted by atomic mass is 9.90. The fourth-order valence-corrected chi connectivity index (χ4v) is 3.54. The van der Waals surface area contributed by atoms with Crippen LogP contribution in [0.1, 0.15) is 29.8 Å². The van der Waals surface area contributed by atoms with Gasteiger partial charge in [-0.2, -0.15) is 0 Å². The van der Waals surface area contributed by atoms with E-state index in [1.54, 1.807) is 74.6 Å². The summed E-state index contributed by atoms with van der Waals surface area (Å²) in [6, 6.07) is 15.5. The number of esters is 1. The summed E-state index contributed by atoms with van der Waals surface area (Å²) in [4.78, 5) is 38.3. The number of fused-ring (bicyclic) bond motifs is 1. The van der Waals surface area contributed by atoms with Crippen LogP contribution < -0.4 is 5.32 Å². The average molecular weight is 438 g/mol. The highest BCUT2D eigenvalue weighted by Gasteiger charge is 2.42. The van der Waals surface area contributed by atoms with E-state index in [-0.39, 0.29) is 19.6 Å². The molecule has 0 unspecified atom stereocenters. The number of hydrogen-bond acceptors (Lipinski definition) is 6. The monoisotopic (exact) mass is 438 g/mol. The molecule has 2 aromatic carbocycles. The fraction of sp³-hybridized carbons (Fsp3) is 0.292. The van der Waals surface area contributed by atoms with Gasteiger partial charge in [0.25, 0.3) is 5.91 Å². The zero-order chi connectivity index (χ0) is 23.1. The van der Waals surface area contributed by atoms with Crippen LogP contribution in [0.25, 0.3) is 10.9 Å². The zero-order valence-corrected chi connectivity index (χ0v) is 18.0. The molecule has 0 aliphatic carbocycles. The molecule has 0 aliphatic rings. The lowest BCUT2D eigenvalue weighted by Crippen LogP contribution is -2.59. The van der Waals surface area contributed by atoms with E-state index in [0.29, 0.717) is 22.0 Å². The summed E-state index contributed by atoms with van der Waals surface area (Å²) in [5.41, 5.74) is -0.245. The molecule has 3 aromatic rings. The van der Waals surface area contributed by atoms with Gasteiger partial charge in [-0.3, -0.25) is 9.36 Å². The SMILES string of the molecule is CCOC(=O)n1cc(C[C@@](CO)(NC(=O)c2ccccc2)C(=O)OCC)c2ccccc21. The lowest BCUT2D eigenvalue weighted by Gasteiger charge is -2.30. The van der Waals surface area contributed by atoms with Crippen molar-refractivity contribution in [3.8, 4) is 0 Å². The maximum absolute atomic E-state index is 13.0. The lowest BCUT2D eigenvalue weighted by molar-refractivity contribution is -0.152. The Labute approximate surface area is 185 Å². The minimum Gasteiger partial charge on any atom is -0.464 e. The van der Waals surface area contributed by atoms with Gasteiger partial charge in [0.1, 0.15) is 0 Å². The van der Waals surface area contributed by atoms with Gasteiger partial charge >= 0.3 is 12.1 Å². The quantitative estimate of drug-likeness (QED) is 0.524. The van der Waals surface area contributed by atoms with E-state index in [9.17, 15) is 19.5 Å². The summed E-state index contributed by atoms with van der Waals surface area (Å²) in [6.07, 6.45) is 0.906. The molecule has 0 radical (unpaired) electrons. The number of aliphatic hydroxyl groups excluding tert-OH is 1. The summed E-state index contributed by atoms with van der Waals surface area (Å²) in [5, 5.41) is 13.6. The predicted molar refractivity (Wildman–Crippen MR) is 118 cm³/mol. The van der Waals surface area contributed by atoms with E-state index < -0.39 is 30.1 Å². The van der Waals surface area contributed by atoms with Gasteiger partial charge in [-0.15, -0.1) is 0 Å². The maximum Gasteiger partial charge on any atom is 0.418 e. The van der Waals surface area contributed by atoms with Crippen LogP contribution >= 0.6 is 0 Å². The highest BCUT2D eigenvalue weighted by molar-refractivity contribution is 5.99. The number of carbonyl (C=O) groups is 3. The third-order valence-electron chi connectivity index (χ3n) is 5.08. The molecular formula is C24H26N2O6. The number of para-hydroxylation sites is 1. The standard InChI is InChI=1S/C24H26N2O6/c1-3-31-22(29)24(16-27,25-21(28)17-10-6-5-7-11-17)14-18-15-26(23(30)32-4-2)20-13-9-8-12-19(18)20/h5-13,15,27H,3-4,14,16H2,1-2H3,(H,25,28)/t24-/m0/s1. The molecule has 1 atom stereocenters. The average Bonchev–Trinajstić information content (AvgIpc) is 3.18. The Balaban J connectivity index is 2.05. The molecule has 0 saturated carbocycles. The number of aliphatic hydroxyl groups is 1. The van der Waals surface area contributed by atoms with Crippen molar-refractivity contribution in [1.82, 2.24) is 9.88 Å². The van der Waals surface area contributed by atoms with Crippen LogP contribution in [0, 0.1) is 0 Å². The van der Waals surface area contributed by atoms with Crippen LogP contribution in [-0.4, -0.2) is 53.0 Å². The van der Waals surface area contributed by atoms with Crippen molar-refractivity contribution in [3.05, 3.63) is 71.9 Å². The third kappa shape index (κ3) is 4.65. The summed E-state index contributed by atoms with van der Waals surface area (Å²) >= 11 is 0. The van der Waals surface area contributed by atoms with Gasteiger partial charge in [0.05, 0.1) is 25.3 Å². The molecule has 0 bridgehead atoms. The van der Waals surface area contributed by atoms with Crippen molar-refractivity contribution in [2.75, 3.05) is 19.8 Å². The summed E-state index contributed by atoms with van der Waals surface area (Å²) < 4.78 is 11.7. The Morgan fingerprint density at radius 1 is 0.969 bits per heavy atom. The third-order valence-corrected chi connectivity index (χ3v) is 5.08. The Hall–Kier alpha value is -3.65. The second-order valence-corrected chi connectivity index (χ2v) is 7.20. The molecule has 0 saturated heterocycles. The minimum atomic E-state index is -1.74. The number of carbonyl (C=O) groups excluding carboxylic acids is 3. The van der Waals surface area contributed by atoms with Gasteiger partial charge in [-0.25, -0.2) is 9.59 Å². The number of rotatable bonds is 8. The van der Waals surface area contributed by atoms with Crippen LogP contribution in [0.15, 0.2) is 60.8 Å². The summed E-state index contributed by atoms with van der Waals surface area (Å²) in [5.74, 6) is -1.29. The predicted octanol–water partition coefficient (Wildman–Crippen LogP) is 2.91. The number of hydrogen-bond donors (Lipinski definition) is 2. The molecule has 1 heterocycles. The fourth-order valence-electron chi connectivity index (χ4n) is 3.54. The highest BCUT2D eigenvalue weighted by atomic mass is 16.5. The molecule has 2 N–H and O–H groups in total. The van der Waals surface area contributed by atoms with Crippen LogP contribution in [0.5, 0.6) is 0 Å². The van der Waals surface area contributed by atoms with Crippen molar-refractivity contribution >= 4 is 28.9 Å². The number of aromatic nitrogens is 1. The first-order valence-electron chi connectivity index (χ1n) is 10.4. The van der Waals surface area contributed by atoms with Gasteiger partial charge in [0.2, 0.25) is 0 Å². The summed E-state index contributed by atoms with van der Waals surface area (Å²) in [6.45, 7) is 2.94. The van der Waals surface area contributed by atoms with Crippen LogP contribution in [0.4, 0.5) is 4.79 Å². The van der Waals surface area contributed by atoms with E-state index in [1.807, 2.05) is 0 Å². The van der Waals surface area contributed by atoms with Gasteiger partial charge in [-0.1, -0.05) is 36.4 Å². The Morgan fingerprint density at radius 2 is 1.62 bits per heavy atom. The van der Waals surface area contributed by atoms with E-state index in [4.69, 9.17) is 9.47 Å². The largest absolute Gasteiger partial charge is 0.464 e. The molecule has 3 rings (SSSR count). The van der Waals surface area contributed by atoms with Crippen LogP contribution in [-0.2, 0) is 20.7 Å². The first-order valence-corrected chi connectivity index (χ1v) is 10.4. The van der Waals surface area contributed by atoms with Crippen molar-refractivity contribution in [3.63, 3.8) is 0 Å². The highest BCUT2D eigenvalue weighted by Crippen LogP contribution is 2.26. The van der Waals surface area contributed by atoms with E-state index in [2.05, 4.69) is 5.32 Å². The molecule has 1 aromatic heterocycles. The molecule has 168 valence electrons. The van der Waals surface area contributed by atoms with Gasteiger partial charge < -0.3 is 19.9 Å². The summed E-state index contributed by atoms with van der Waals surface area (Å²) in [7, 11) is 0. The number of benzene rings is 2. The number of ether oxygens (including phenoxy) is 2. The second-order valence-electron chi connectivity index (χ2n) is 7.20. The normalized spacial score (nSPS) is 12.7. The minimum absolute atomic E-state index is 0.0758. The number of nitrogens with zero attached hydrogens (tertiary/aromatic N) is 1. The van der Waals surface area contributed by atoms with Crippen molar-refractivity contribution in [1.29, 1.82) is 0 Å². The zero-order valence-electron chi connectivity index (χ0n) is 18.0. The molecular weight excluding hydrogens is 412 g/mol. The maximum atomic E-state index is 13.0. The molecule has 0 spiro atoms. The molecule has 8 heteroatoms. The van der Waals surface area contributed by atoms with Crippen LogP contribution in [0.2, 0.25) is 0 Å². The number of nitrogens with one attached hydrogen (secondary N) is 1. The van der Waals surface area contributed by atoms with E-state index >= 15 is 0 Å². The Morgan fingerprint density at radius 3 is 2.28 bits per heavy atom. The topological polar surface area (TPSA) is 107 Å². The van der Waals surface area contributed by atoms with Crippen molar-refractivity contribution in [2.45, 2.75) is 25.8 Å². The van der Waals surface area contributed by atoms with E-state index in [0.717, 1.165) is 0 Å². The van der Waals surface area contributed by atoms with Crippen molar-refractivity contribution in [2.24, 2.45) is 0 Å². The van der Waals surface area contributed by atoms with Crippen LogP contribution in [0.3, 0.4) is 0 Å². The smallest absolute Gasteiger partial charge is 0.418 e. The first kappa shape index (κ1) is 23.0. The second kappa shape index (κ2) is 10.1. The first-order chi connectivity index (χ1) is 15.5. The van der Waals surface area contributed by atoms with Crippen molar-refractivity contribution < 1.29 is 29.0 Å². The number of amides is 1. The molecule has 32 heavy (non-hydrogen) atoms. The molecule has 0 fully saturated rings.